The van der Waals surface area contributed by atoms with Crippen LogP contribution in [0.1, 0.15) is 37.6 Å². The zero-order chi connectivity index (χ0) is 21.6. The molecule has 7 heteroatoms. The second kappa shape index (κ2) is 10.00. The number of hydrogen-bond donors (Lipinski definition) is 0. The van der Waals surface area contributed by atoms with Crippen LogP contribution < -0.4 is 0 Å². The molecule has 0 saturated carbocycles. The summed E-state index contributed by atoms with van der Waals surface area (Å²) in [7, 11) is -3.47. The monoisotopic (exact) mass is 426 g/mol. The van der Waals surface area contributed by atoms with Crippen LogP contribution in [0.2, 0.25) is 0 Å². The SMILES string of the molecule is CCN(Cc1ccncc1)Cc1cnc(S(=O)(=O)CC(C)C)n1Cc1ccccc1. The Hall–Kier alpha value is -2.51. The van der Waals surface area contributed by atoms with Crippen molar-refractivity contribution in [1.82, 2.24) is 19.4 Å². The molecule has 0 atom stereocenters. The number of rotatable bonds is 10. The Balaban J connectivity index is 1.92. The van der Waals surface area contributed by atoms with Crippen molar-refractivity contribution >= 4 is 9.84 Å². The van der Waals surface area contributed by atoms with E-state index < -0.39 is 9.84 Å². The first-order chi connectivity index (χ1) is 14.4. The van der Waals surface area contributed by atoms with Gasteiger partial charge in [-0.3, -0.25) is 9.88 Å². The van der Waals surface area contributed by atoms with Gasteiger partial charge in [0, 0.05) is 25.5 Å². The van der Waals surface area contributed by atoms with Crippen molar-refractivity contribution in [2.45, 2.75) is 45.6 Å². The summed E-state index contributed by atoms with van der Waals surface area (Å²) in [5.74, 6) is 0.131. The molecule has 0 radical (unpaired) electrons. The molecule has 160 valence electrons. The molecular formula is C23H30N4O2S. The van der Waals surface area contributed by atoms with Gasteiger partial charge in [-0.05, 0) is 35.7 Å². The number of benzene rings is 1. The van der Waals surface area contributed by atoms with Gasteiger partial charge in [0.15, 0.2) is 0 Å². The number of aromatic nitrogens is 3. The van der Waals surface area contributed by atoms with Gasteiger partial charge in [0.2, 0.25) is 15.0 Å². The molecule has 0 spiro atoms. The fraction of sp³-hybridized carbons (Fsp3) is 0.391. The standard InChI is InChI=1S/C23H30N4O2S/c1-4-26(15-21-10-12-24-13-11-21)17-22-14-25-23(30(28,29)18-19(2)3)27(22)16-20-8-6-5-7-9-20/h5-14,19H,4,15-18H2,1-3H3. The zero-order valence-corrected chi connectivity index (χ0v) is 18.7. The van der Waals surface area contributed by atoms with E-state index in [-0.39, 0.29) is 16.8 Å². The van der Waals surface area contributed by atoms with E-state index in [0.29, 0.717) is 13.1 Å². The summed E-state index contributed by atoms with van der Waals surface area (Å²) < 4.78 is 27.9. The molecule has 0 unspecified atom stereocenters. The third kappa shape index (κ3) is 5.77. The minimum atomic E-state index is -3.47. The summed E-state index contributed by atoms with van der Waals surface area (Å²) in [6, 6.07) is 13.9. The van der Waals surface area contributed by atoms with Gasteiger partial charge in [-0.25, -0.2) is 13.4 Å². The average molecular weight is 427 g/mol. The molecular weight excluding hydrogens is 396 g/mol. The molecule has 3 rings (SSSR count). The van der Waals surface area contributed by atoms with E-state index in [4.69, 9.17) is 0 Å². The van der Waals surface area contributed by atoms with Crippen molar-refractivity contribution < 1.29 is 8.42 Å². The van der Waals surface area contributed by atoms with E-state index in [0.717, 1.165) is 24.3 Å². The van der Waals surface area contributed by atoms with Crippen LogP contribution in [0.5, 0.6) is 0 Å². The fourth-order valence-corrected chi connectivity index (χ4v) is 5.23. The van der Waals surface area contributed by atoms with Crippen LogP contribution >= 0.6 is 0 Å². The minimum Gasteiger partial charge on any atom is -0.313 e. The topological polar surface area (TPSA) is 68.1 Å². The highest BCUT2D eigenvalue weighted by Crippen LogP contribution is 2.20. The van der Waals surface area contributed by atoms with Crippen LogP contribution in [0.4, 0.5) is 0 Å². The largest absolute Gasteiger partial charge is 0.313 e. The summed E-state index contributed by atoms with van der Waals surface area (Å²) in [4.78, 5) is 10.7. The van der Waals surface area contributed by atoms with Crippen LogP contribution in [0, 0.1) is 5.92 Å². The first-order valence-electron chi connectivity index (χ1n) is 10.3. The molecule has 0 saturated heterocycles. The lowest BCUT2D eigenvalue weighted by Gasteiger charge is -2.22. The third-order valence-electron chi connectivity index (χ3n) is 4.90. The zero-order valence-electron chi connectivity index (χ0n) is 17.9. The van der Waals surface area contributed by atoms with Gasteiger partial charge < -0.3 is 4.57 Å². The smallest absolute Gasteiger partial charge is 0.228 e. The van der Waals surface area contributed by atoms with Crippen LogP contribution in [-0.2, 0) is 29.5 Å². The Bertz CT molecular complexity index is 1030. The van der Waals surface area contributed by atoms with Gasteiger partial charge >= 0.3 is 0 Å². The lowest BCUT2D eigenvalue weighted by Crippen LogP contribution is -2.25. The first-order valence-corrected chi connectivity index (χ1v) is 12.0. The summed E-state index contributed by atoms with van der Waals surface area (Å²) in [6.07, 6.45) is 5.30. The molecule has 0 N–H and O–H groups in total. The maximum Gasteiger partial charge on any atom is 0.228 e. The van der Waals surface area contributed by atoms with Crippen LogP contribution in [-0.4, -0.2) is 40.2 Å². The second-order valence-electron chi connectivity index (χ2n) is 7.94. The van der Waals surface area contributed by atoms with Gasteiger partial charge in [0.25, 0.3) is 0 Å². The van der Waals surface area contributed by atoms with Crippen molar-refractivity contribution in [3.63, 3.8) is 0 Å². The van der Waals surface area contributed by atoms with Gasteiger partial charge in [0.1, 0.15) is 0 Å². The lowest BCUT2D eigenvalue weighted by molar-refractivity contribution is 0.263. The van der Waals surface area contributed by atoms with Crippen LogP contribution in [0.25, 0.3) is 0 Å². The molecule has 3 aromatic rings. The lowest BCUT2D eigenvalue weighted by atomic mass is 10.2. The van der Waals surface area contributed by atoms with E-state index in [1.54, 1.807) is 18.6 Å². The van der Waals surface area contributed by atoms with E-state index in [2.05, 4.69) is 21.8 Å². The van der Waals surface area contributed by atoms with E-state index in [1.807, 2.05) is 60.9 Å². The molecule has 0 aliphatic heterocycles. The highest BCUT2D eigenvalue weighted by molar-refractivity contribution is 7.91. The van der Waals surface area contributed by atoms with Crippen molar-refractivity contribution in [2.75, 3.05) is 12.3 Å². The molecule has 2 aromatic heterocycles. The number of nitrogens with zero attached hydrogens (tertiary/aromatic N) is 4. The second-order valence-corrected chi connectivity index (χ2v) is 9.87. The summed E-state index contributed by atoms with van der Waals surface area (Å²) in [6.45, 7) is 8.64. The van der Waals surface area contributed by atoms with E-state index in [1.165, 1.54) is 5.56 Å². The third-order valence-corrected chi connectivity index (χ3v) is 6.89. The number of sulfone groups is 1. The molecule has 6 nitrogen and oxygen atoms in total. The quantitative estimate of drug-likeness (QED) is 0.494. The normalized spacial score (nSPS) is 12.0. The predicted octanol–water partition coefficient (Wildman–Crippen LogP) is 3.78. The predicted molar refractivity (Wildman–Crippen MR) is 119 cm³/mol. The molecule has 0 fully saturated rings. The Labute approximate surface area is 179 Å². The van der Waals surface area contributed by atoms with E-state index >= 15 is 0 Å². The van der Waals surface area contributed by atoms with E-state index in [9.17, 15) is 8.42 Å². The Morgan fingerprint density at radius 1 is 1.00 bits per heavy atom. The van der Waals surface area contributed by atoms with Gasteiger partial charge in [-0.15, -0.1) is 0 Å². The highest BCUT2D eigenvalue weighted by atomic mass is 32.2. The number of hydrogen-bond acceptors (Lipinski definition) is 5. The average Bonchev–Trinajstić information content (AvgIpc) is 3.11. The number of pyridine rings is 1. The van der Waals surface area contributed by atoms with Gasteiger partial charge in [0.05, 0.1) is 24.2 Å². The first kappa shape index (κ1) is 22.2. The molecule has 0 amide bonds. The van der Waals surface area contributed by atoms with Crippen molar-refractivity contribution in [3.8, 4) is 0 Å². The molecule has 0 aliphatic carbocycles. The Morgan fingerprint density at radius 2 is 1.70 bits per heavy atom. The van der Waals surface area contributed by atoms with Gasteiger partial charge in [-0.1, -0.05) is 51.1 Å². The Kier molecular flexibility index (Phi) is 7.39. The van der Waals surface area contributed by atoms with Crippen molar-refractivity contribution in [1.29, 1.82) is 0 Å². The summed E-state index contributed by atoms with van der Waals surface area (Å²) in [5.41, 5.74) is 3.13. The summed E-state index contributed by atoms with van der Waals surface area (Å²) in [5, 5.41) is 0.162. The molecule has 1 aromatic carbocycles. The minimum absolute atomic E-state index is 0.0409. The number of imidazole rings is 1. The molecule has 30 heavy (non-hydrogen) atoms. The molecule has 0 bridgehead atoms. The van der Waals surface area contributed by atoms with Crippen LogP contribution in [0.3, 0.4) is 0 Å². The Morgan fingerprint density at radius 3 is 2.33 bits per heavy atom. The molecule has 2 heterocycles. The molecule has 0 aliphatic rings. The van der Waals surface area contributed by atoms with Crippen LogP contribution in [0.15, 0.2) is 66.2 Å². The maximum atomic E-state index is 13.0. The fourth-order valence-electron chi connectivity index (χ4n) is 3.47. The van der Waals surface area contributed by atoms with Gasteiger partial charge in [-0.2, -0.15) is 0 Å². The van der Waals surface area contributed by atoms with Crippen molar-refractivity contribution in [2.24, 2.45) is 5.92 Å². The van der Waals surface area contributed by atoms with Crippen molar-refractivity contribution in [3.05, 3.63) is 77.9 Å². The highest BCUT2D eigenvalue weighted by Gasteiger charge is 2.25. The maximum absolute atomic E-state index is 13.0. The summed E-state index contributed by atoms with van der Waals surface area (Å²) >= 11 is 0.